The number of hydrogen-bond donors (Lipinski definition) is 0. The summed E-state index contributed by atoms with van der Waals surface area (Å²) in [6.07, 6.45) is -3.42. The number of benzene rings is 1. The molecular weight excluding hydrogens is 432 g/mol. The molecule has 0 N–H and O–H groups in total. The first kappa shape index (κ1) is 25.6. The van der Waals surface area contributed by atoms with E-state index in [1.165, 1.54) is 13.8 Å². The number of methoxy groups -OCH3 is 1. The van der Waals surface area contributed by atoms with Crippen molar-refractivity contribution in [2.24, 2.45) is 0 Å². The standard InChI is InChI=1S/C24H34O9/c1-14-23(19(11-21(27-5)29-14)28-13-18-9-7-6-8-10-18)33-22-12-20(31-16(3)25)24(15(2)30-22)32-17(4)26/h6-10,14-15,19-24H,11-13H2,1-5H3/t14-,15-,19-,20-,21+,22-,23-,24-/m1/s1. The van der Waals surface area contributed by atoms with Gasteiger partial charge in [-0.15, -0.1) is 0 Å². The Morgan fingerprint density at radius 2 is 1.48 bits per heavy atom. The summed E-state index contributed by atoms with van der Waals surface area (Å²) in [5, 5.41) is 0. The fourth-order valence-electron chi connectivity index (χ4n) is 4.24. The molecule has 3 rings (SSSR count). The van der Waals surface area contributed by atoms with Crippen LogP contribution < -0.4 is 0 Å². The highest BCUT2D eigenvalue weighted by Gasteiger charge is 2.45. The maximum absolute atomic E-state index is 11.6. The molecule has 1 aromatic rings. The van der Waals surface area contributed by atoms with Gasteiger partial charge in [0.2, 0.25) is 0 Å². The molecule has 2 saturated heterocycles. The molecule has 0 spiro atoms. The van der Waals surface area contributed by atoms with Crippen molar-refractivity contribution in [3.63, 3.8) is 0 Å². The van der Waals surface area contributed by atoms with Crippen molar-refractivity contribution in [1.82, 2.24) is 0 Å². The maximum atomic E-state index is 11.6. The average molecular weight is 467 g/mol. The molecule has 2 heterocycles. The highest BCUT2D eigenvalue weighted by Crippen LogP contribution is 2.32. The lowest BCUT2D eigenvalue weighted by Gasteiger charge is -2.44. The Balaban J connectivity index is 1.70. The topological polar surface area (TPSA) is 98.8 Å². The molecule has 184 valence electrons. The molecule has 0 saturated carbocycles. The van der Waals surface area contributed by atoms with Gasteiger partial charge in [-0.3, -0.25) is 9.59 Å². The van der Waals surface area contributed by atoms with Crippen LogP contribution in [0.25, 0.3) is 0 Å². The van der Waals surface area contributed by atoms with Crippen molar-refractivity contribution in [2.45, 2.75) is 96.3 Å². The SMILES string of the molecule is CO[C@@H]1C[C@@H](OCc2ccccc2)[C@H](O[C@@H]2C[C@@H](OC(C)=O)[C@H](OC(C)=O)[C@@H](C)O2)[C@@H](C)O1. The van der Waals surface area contributed by atoms with E-state index in [2.05, 4.69) is 0 Å². The lowest BCUT2D eigenvalue weighted by atomic mass is 9.99. The Morgan fingerprint density at radius 3 is 2.12 bits per heavy atom. The molecule has 33 heavy (non-hydrogen) atoms. The van der Waals surface area contributed by atoms with Crippen LogP contribution in [-0.2, 0) is 49.4 Å². The number of esters is 2. The first-order valence-corrected chi connectivity index (χ1v) is 11.3. The molecule has 1 aromatic carbocycles. The first-order valence-electron chi connectivity index (χ1n) is 11.3. The van der Waals surface area contributed by atoms with Crippen LogP contribution in [0, 0.1) is 0 Å². The summed E-state index contributed by atoms with van der Waals surface area (Å²) in [6, 6.07) is 9.87. The van der Waals surface area contributed by atoms with Crippen molar-refractivity contribution in [1.29, 1.82) is 0 Å². The lowest BCUT2D eigenvalue weighted by Crippen LogP contribution is -2.55. The van der Waals surface area contributed by atoms with Crippen LogP contribution in [0.2, 0.25) is 0 Å². The zero-order valence-corrected chi connectivity index (χ0v) is 19.8. The number of carbonyl (C=O) groups excluding carboxylic acids is 2. The van der Waals surface area contributed by atoms with Crippen LogP contribution in [0.1, 0.15) is 46.1 Å². The molecule has 0 bridgehead atoms. The number of carbonyl (C=O) groups is 2. The van der Waals surface area contributed by atoms with Crippen LogP contribution in [0.5, 0.6) is 0 Å². The number of hydrogen-bond acceptors (Lipinski definition) is 9. The summed E-state index contributed by atoms with van der Waals surface area (Å²) in [6.45, 7) is 6.69. The molecule has 0 radical (unpaired) electrons. The molecule has 0 aromatic heterocycles. The van der Waals surface area contributed by atoms with Crippen molar-refractivity contribution in [3.05, 3.63) is 35.9 Å². The molecule has 8 atom stereocenters. The van der Waals surface area contributed by atoms with Crippen LogP contribution in [0.3, 0.4) is 0 Å². The van der Waals surface area contributed by atoms with Gasteiger partial charge >= 0.3 is 11.9 Å². The highest BCUT2D eigenvalue weighted by molar-refractivity contribution is 5.67. The first-order chi connectivity index (χ1) is 15.8. The quantitative estimate of drug-likeness (QED) is 0.536. The molecule has 0 aliphatic carbocycles. The van der Waals surface area contributed by atoms with E-state index >= 15 is 0 Å². The van der Waals surface area contributed by atoms with E-state index in [1.54, 1.807) is 14.0 Å². The zero-order valence-electron chi connectivity index (χ0n) is 19.8. The predicted octanol–water partition coefficient (Wildman–Crippen LogP) is 2.74. The van der Waals surface area contributed by atoms with E-state index in [0.29, 0.717) is 13.0 Å². The lowest BCUT2D eigenvalue weighted by molar-refractivity contribution is -0.315. The average Bonchev–Trinajstić information content (AvgIpc) is 2.76. The minimum atomic E-state index is -0.714. The highest BCUT2D eigenvalue weighted by atomic mass is 16.7. The van der Waals surface area contributed by atoms with Crippen LogP contribution in [0.15, 0.2) is 30.3 Å². The van der Waals surface area contributed by atoms with Gasteiger partial charge in [0.15, 0.2) is 18.7 Å². The van der Waals surface area contributed by atoms with Crippen molar-refractivity contribution in [3.8, 4) is 0 Å². The molecule has 9 heteroatoms. The Morgan fingerprint density at radius 1 is 0.879 bits per heavy atom. The molecule has 2 aliphatic rings. The Hall–Kier alpha value is -2.04. The van der Waals surface area contributed by atoms with Gasteiger partial charge in [-0.1, -0.05) is 30.3 Å². The predicted molar refractivity (Wildman–Crippen MR) is 116 cm³/mol. The summed E-state index contributed by atoms with van der Waals surface area (Å²) >= 11 is 0. The van der Waals surface area contributed by atoms with Crippen LogP contribution >= 0.6 is 0 Å². The minimum absolute atomic E-state index is 0.212. The van der Waals surface area contributed by atoms with Gasteiger partial charge in [0.05, 0.1) is 24.9 Å². The van der Waals surface area contributed by atoms with Gasteiger partial charge < -0.3 is 33.2 Å². The molecular formula is C24H34O9. The second kappa shape index (κ2) is 11.9. The normalized spacial score (nSPS) is 34.5. The van der Waals surface area contributed by atoms with E-state index in [1.807, 2.05) is 37.3 Å². The van der Waals surface area contributed by atoms with Gasteiger partial charge in [-0.05, 0) is 19.4 Å². The zero-order chi connectivity index (χ0) is 24.0. The van der Waals surface area contributed by atoms with Gasteiger partial charge in [-0.2, -0.15) is 0 Å². The van der Waals surface area contributed by atoms with E-state index in [4.69, 9.17) is 33.2 Å². The van der Waals surface area contributed by atoms with Gasteiger partial charge in [0.1, 0.15) is 12.2 Å². The minimum Gasteiger partial charge on any atom is -0.458 e. The van der Waals surface area contributed by atoms with Crippen LogP contribution in [0.4, 0.5) is 0 Å². The third kappa shape index (κ3) is 7.22. The van der Waals surface area contributed by atoms with E-state index in [9.17, 15) is 9.59 Å². The summed E-state index contributed by atoms with van der Waals surface area (Å²) < 4.78 is 40.7. The van der Waals surface area contributed by atoms with Crippen molar-refractivity contribution >= 4 is 11.9 Å². The smallest absolute Gasteiger partial charge is 0.303 e. The Bertz CT molecular complexity index is 770. The third-order valence-corrected chi connectivity index (χ3v) is 5.74. The van der Waals surface area contributed by atoms with Crippen molar-refractivity contribution < 1.29 is 42.7 Å². The number of ether oxygens (including phenoxy) is 7. The third-order valence-electron chi connectivity index (χ3n) is 5.74. The second-order valence-corrected chi connectivity index (χ2v) is 8.41. The van der Waals surface area contributed by atoms with Gasteiger partial charge in [0, 0.05) is 33.8 Å². The fraction of sp³-hybridized carbons (Fsp3) is 0.667. The number of rotatable bonds is 8. The Labute approximate surface area is 194 Å². The molecule has 9 nitrogen and oxygen atoms in total. The van der Waals surface area contributed by atoms with E-state index in [-0.39, 0.29) is 18.6 Å². The van der Waals surface area contributed by atoms with E-state index in [0.717, 1.165) is 5.56 Å². The van der Waals surface area contributed by atoms with E-state index < -0.39 is 48.9 Å². The monoisotopic (exact) mass is 466 g/mol. The van der Waals surface area contributed by atoms with Gasteiger partial charge in [0.25, 0.3) is 0 Å². The summed E-state index contributed by atoms with van der Waals surface area (Å²) in [5.74, 6) is -0.937. The van der Waals surface area contributed by atoms with Crippen LogP contribution in [-0.4, -0.2) is 68.3 Å². The fourth-order valence-corrected chi connectivity index (χ4v) is 4.24. The summed E-state index contributed by atoms with van der Waals surface area (Å²) in [7, 11) is 1.59. The largest absolute Gasteiger partial charge is 0.458 e. The Kier molecular flexibility index (Phi) is 9.22. The molecule has 0 amide bonds. The van der Waals surface area contributed by atoms with Gasteiger partial charge in [-0.25, -0.2) is 0 Å². The molecule has 0 unspecified atom stereocenters. The molecule has 2 aliphatic heterocycles. The summed E-state index contributed by atoms with van der Waals surface area (Å²) in [5.41, 5.74) is 1.05. The summed E-state index contributed by atoms with van der Waals surface area (Å²) in [4.78, 5) is 23.2. The molecule has 2 fully saturated rings. The van der Waals surface area contributed by atoms with Crippen molar-refractivity contribution in [2.75, 3.05) is 7.11 Å². The maximum Gasteiger partial charge on any atom is 0.303 e. The second-order valence-electron chi connectivity index (χ2n) is 8.41.